The van der Waals surface area contributed by atoms with Gasteiger partial charge in [0.05, 0.1) is 33.7 Å². The number of carbonyl (C=O) groups is 1. The summed E-state index contributed by atoms with van der Waals surface area (Å²) in [4.78, 5) is 17.8. The van der Waals surface area contributed by atoms with Crippen molar-refractivity contribution >= 4 is 17.4 Å². The van der Waals surface area contributed by atoms with Crippen LogP contribution in [0.2, 0.25) is 0 Å². The fourth-order valence-corrected chi connectivity index (χ4v) is 4.49. The highest BCUT2D eigenvalue weighted by molar-refractivity contribution is 6.14. The number of aryl methyl sites for hydroxylation is 1. The predicted octanol–water partition coefficient (Wildman–Crippen LogP) is 5.77. The summed E-state index contributed by atoms with van der Waals surface area (Å²) >= 11 is 0. The maximum absolute atomic E-state index is 14.8. The molecule has 0 radical (unpaired) electrons. The summed E-state index contributed by atoms with van der Waals surface area (Å²) in [6.07, 6.45) is -7.46. The number of benzene rings is 3. The summed E-state index contributed by atoms with van der Waals surface area (Å²) in [5, 5.41) is 2.25. The molecule has 1 atom stereocenters. The molecule has 226 valence electrons. The molecular formula is C36H43FN4O2. The van der Waals surface area contributed by atoms with E-state index in [0.29, 0.717) is 6.07 Å². The highest BCUT2D eigenvalue weighted by Gasteiger charge is 2.34. The van der Waals surface area contributed by atoms with E-state index < -0.39 is 186 Å². The van der Waals surface area contributed by atoms with E-state index >= 15 is 0 Å². The minimum atomic E-state index is -4.11. The second kappa shape index (κ2) is 12.2. The highest BCUT2D eigenvalue weighted by Crippen LogP contribution is 2.37. The molecule has 3 aromatic rings. The van der Waals surface area contributed by atoms with E-state index in [4.69, 9.17) is 37.6 Å². The van der Waals surface area contributed by atoms with Gasteiger partial charge >= 0.3 is 0 Å². The Hall–Kier alpha value is -3.55. The van der Waals surface area contributed by atoms with Gasteiger partial charge in [-0.2, -0.15) is 0 Å². The molecule has 6 rings (SSSR count). The molecule has 3 heterocycles. The van der Waals surface area contributed by atoms with E-state index in [-0.39, 0.29) is 11.1 Å². The second-order valence-electron chi connectivity index (χ2n) is 10.4. The number of amides is 1. The van der Waals surface area contributed by atoms with Crippen molar-refractivity contribution < 1.29 is 49.6 Å². The molecule has 0 aliphatic carbocycles. The molecule has 0 bridgehead atoms. The summed E-state index contributed by atoms with van der Waals surface area (Å²) in [6, 6.07) is -5.46. The zero-order valence-electron chi connectivity index (χ0n) is 49.2. The second-order valence-corrected chi connectivity index (χ2v) is 10.4. The number of halogens is 1. The molecule has 3 aliphatic rings. The molecule has 1 N–H and O–H groups in total. The number of nitrogens with one attached hydrogen (secondary N) is 1. The van der Waals surface area contributed by atoms with Gasteiger partial charge in [-0.05, 0) is 108 Å². The van der Waals surface area contributed by atoms with Crippen LogP contribution >= 0.6 is 0 Å². The van der Waals surface area contributed by atoms with Crippen LogP contribution in [0.25, 0.3) is 0 Å². The van der Waals surface area contributed by atoms with Crippen LogP contribution < -0.4 is 10.2 Å². The molecule has 3 aromatic carbocycles. The summed E-state index contributed by atoms with van der Waals surface area (Å²) < 4.78 is 245. The van der Waals surface area contributed by atoms with E-state index in [1.54, 1.807) is 0 Å². The molecule has 0 saturated carbocycles. The molecule has 2 saturated heterocycles. The van der Waals surface area contributed by atoms with Crippen LogP contribution in [0.3, 0.4) is 0 Å². The number of anilines is 1. The van der Waals surface area contributed by atoms with Crippen LogP contribution in [0.1, 0.15) is 99.6 Å². The minimum absolute atomic E-state index is 0.0173. The van der Waals surface area contributed by atoms with Crippen molar-refractivity contribution in [3.05, 3.63) is 99.2 Å². The average molecular weight is 609 g/mol. The SMILES string of the molecule is [2H]c1c(C)cc(C([2H])([2H])c2c([2H])c([2H])c3c(c2[2H])C(NC(=O)c2c([2H])c([2H])c(N4C([2H])([2H])C([2H])([2H])N(C([2H])([2H])[2H])C([2H])([2H])C4([2H])[2H])c([2H])c2CC2C([2H])([2H])C([2H])([2H])OC([2H])([2H])C2(C)C)=NC3)cc1F. The van der Waals surface area contributed by atoms with Crippen molar-refractivity contribution in [1.82, 2.24) is 10.2 Å². The van der Waals surface area contributed by atoms with E-state index in [2.05, 4.69) is 10.3 Å². The van der Waals surface area contributed by atoms with Crippen LogP contribution in [0.4, 0.5) is 10.1 Å². The zero-order valence-corrected chi connectivity index (χ0v) is 23.2. The van der Waals surface area contributed by atoms with Gasteiger partial charge in [0.2, 0.25) is 0 Å². The van der Waals surface area contributed by atoms with Gasteiger partial charge in [-0.3, -0.25) is 9.79 Å². The fraction of sp³-hybridized carbons (Fsp3) is 0.444. The van der Waals surface area contributed by atoms with Crippen LogP contribution in [0, 0.1) is 24.1 Å². The molecule has 3 aliphatic heterocycles. The predicted molar refractivity (Wildman–Crippen MR) is 171 cm³/mol. The lowest BCUT2D eigenvalue weighted by atomic mass is 9.73. The third-order valence-electron chi connectivity index (χ3n) is 6.75. The maximum atomic E-state index is 14.8. The average Bonchev–Trinajstić information content (AvgIpc) is 3.59. The van der Waals surface area contributed by atoms with Crippen LogP contribution in [0.15, 0.2) is 59.4 Å². The number of ether oxygens (including phenoxy) is 1. The number of hydrogen-bond donors (Lipinski definition) is 1. The third kappa shape index (κ3) is 6.68. The topological polar surface area (TPSA) is 57.2 Å². The van der Waals surface area contributed by atoms with Gasteiger partial charge in [0.1, 0.15) is 11.7 Å². The smallest absolute Gasteiger partial charge is 0.257 e. The van der Waals surface area contributed by atoms with Crippen molar-refractivity contribution in [1.29, 1.82) is 0 Å². The first kappa shape index (κ1) is 11.8. The van der Waals surface area contributed by atoms with Gasteiger partial charge in [-0.25, -0.2) is 4.39 Å². The number of nitrogens with zero attached hydrogens (tertiary/aromatic N) is 3. The maximum Gasteiger partial charge on any atom is 0.257 e. The number of likely N-dealkylation sites (N-methyl/N-ethyl adjacent to an activating group) is 1. The normalized spacial score (nSPS) is 37.7. The third-order valence-corrected chi connectivity index (χ3v) is 6.75. The van der Waals surface area contributed by atoms with Gasteiger partial charge in [-0.15, -0.1) is 0 Å². The number of hydrogen-bond acceptors (Lipinski definition) is 5. The Labute approximate surface area is 291 Å². The zero-order chi connectivity index (χ0) is 53.1. The van der Waals surface area contributed by atoms with Crippen molar-refractivity contribution in [3.63, 3.8) is 0 Å². The number of aliphatic imine (C=N–C) groups is 1. The number of amidine groups is 1. The fourth-order valence-electron chi connectivity index (χ4n) is 4.49. The van der Waals surface area contributed by atoms with E-state index in [1.165, 1.54) is 6.92 Å². The number of carbonyl (C=O) groups excluding carboxylic acids is 1. The molecular weight excluding hydrogens is 539 g/mol. The number of piperazine rings is 1. The number of rotatable bonds is 6. The minimum Gasteiger partial charge on any atom is -0.381 e. The van der Waals surface area contributed by atoms with Gasteiger partial charge in [-0.1, -0.05) is 32.0 Å². The molecule has 0 aromatic heterocycles. The lowest BCUT2D eigenvalue weighted by Gasteiger charge is -2.39. The molecule has 6 nitrogen and oxygen atoms in total. The molecule has 2 fully saturated rings. The Bertz CT molecular complexity index is 2640. The van der Waals surface area contributed by atoms with Crippen molar-refractivity contribution in [2.45, 2.75) is 46.5 Å². The van der Waals surface area contributed by atoms with Crippen molar-refractivity contribution in [3.8, 4) is 0 Å². The Morgan fingerprint density at radius 3 is 2.81 bits per heavy atom. The Balaban J connectivity index is 1.62. The van der Waals surface area contributed by atoms with Gasteiger partial charge < -0.3 is 19.9 Å². The monoisotopic (exact) mass is 609 g/mol. The Morgan fingerprint density at radius 1 is 1.19 bits per heavy atom. The molecule has 0 spiro atoms. The quantitative estimate of drug-likeness (QED) is 0.386. The van der Waals surface area contributed by atoms with Crippen LogP contribution in [0.5, 0.6) is 0 Å². The van der Waals surface area contributed by atoms with Gasteiger partial charge in [0.25, 0.3) is 5.91 Å². The van der Waals surface area contributed by atoms with Crippen molar-refractivity contribution in [2.75, 3.05) is 51.0 Å². The van der Waals surface area contributed by atoms with Gasteiger partial charge in [0.15, 0.2) is 0 Å². The highest BCUT2D eigenvalue weighted by atomic mass is 19.1. The Morgan fingerprint density at radius 2 is 2.02 bits per heavy atom. The molecule has 7 heteroatoms. The lowest BCUT2D eigenvalue weighted by molar-refractivity contribution is -0.0311. The van der Waals surface area contributed by atoms with E-state index in [0.717, 1.165) is 19.9 Å². The first-order valence-corrected chi connectivity index (χ1v) is 13.0. The standard InChI is InChI=1S/C36H43FN4O2/c1-24-15-26(18-30(37)16-24)17-25-5-6-27-22-38-34(33(27)19-25)39-35(42)32-8-7-31(41-12-10-40(4)11-13-41)21-28(32)20-29-9-14-43-23-36(29,2)3/h5-8,15-16,18-19,21,29H,9-14,17,20,22-23H2,1-4H3,(H,38,39,42)/i4D3,5D,6D,7D,8D,9D2,10D2,11D2,12D2,13D2,14D2,16D,17D2,19D,21D,23D2. The first-order valence-electron chi connectivity index (χ1n) is 26.0. The van der Waals surface area contributed by atoms with Gasteiger partial charge in [0, 0.05) is 64.4 Å². The molecule has 1 amide bonds. The number of fused-ring (bicyclic) bond motifs is 1. The summed E-state index contributed by atoms with van der Waals surface area (Å²) in [5.41, 5.74) is -7.76. The van der Waals surface area contributed by atoms with Crippen LogP contribution in [-0.4, -0.2) is 62.7 Å². The largest absolute Gasteiger partial charge is 0.381 e. The van der Waals surface area contributed by atoms with E-state index in [9.17, 15) is 11.9 Å². The first-order chi connectivity index (χ1) is 30.8. The summed E-state index contributed by atoms with van der Waals surface area (Å²) in [6.45, 7) is -23.9. The summed E-state index contributed by atoms with van der Waals surface area (Å²) in [5.74, 6) is -5.46. The van der Waals surface area contributed by atoms with E-state index in [1.807, 2.05) is 0 Å². The lowest BCUT2D eigenvalue weighted by Crippen LogP contribution is -2.44. The van der Waals surface area contributed by atoms with Crippen molar-refractivity contribution in [2.24, 2.45) is 16.3 Å². The molecule has 1 unspecified atom stereocenters. The summed E-state index contributed by atoms with van der Waals surface area (Å²) in [7, 11) is 0. The Kier molecular flexibility index (Phi) is 3.34. The molecule has 43 heavy (non-hydrogen) atoms. The van der Waals surface area contributed by atoms with Crippen LogP contribution in [-0.2, 0) is 24.1 Å².